The van der Waals surface area contributed by atoms with Gasteiger partial charge in [-0.15, -0.1) is 0 Å². The third-order valence-corrected chi connectivity index (χ3v) is 5.27. The lowest BCUT2D eigenvalue weighted by Gasteiger charge is -2.23. The molecule has 0 aromatic heterocycles. The van der Waals surface area contributed by atoms with Crippen LogP contribution in [0.1, 0.15) is 19.3 Å². The normalized spacial score (nSPS) is 24.7. The molecule has 0 spiro atoms. The highest BCUT2D eigenvalue weighted by atomic mass is 79.9. The number of hydrogen-bond acceptors (Lipinski definition) is 3. The third-order valence-electron chi connectivity index (χ3n) is 4.60. The Bertz CT molecular complexity index is 587. The number of benzene rings is 1. The fraction of sp³-hybridized carbons (Fsp3) is 0.529. The molecule has 2 amide bonds. The number of carbonyl (C=O) groups excluding carboxylic acids is 2. The molecule has 6 heteroatoms. The maximum atomic E-state index is 12.4. The number of carbonyl (C=O) groups is 2. The van der Waals surface area contributed by atoms with Crippen LogP contribution in [0.2, 0.25) is 0 Å². The van der Waals surface area contributed by atoms with Crippen LogP contribution in [0.4, 0.5) is 5.69 Å². The fourth-order valence-electron chi connectivity index (χ4n) is 3.27. The van der Waals surface area contributed by atoms with Crippen LogP contribution >= 0.6 is 15.9 Å². The number of nitrogens with zero attached hydrogens (tertiary/aromatic N) is 1. The predicted molar refractivity (Wildman–Crippen MR) is 93.2 cm³/mol. The smallest absolute Gasteiger partial charge is 0.227 e. The number of anilines is 1. The predicted octanol–water partition coefficient (Wildman–Crippen LogP) is 1.92. The summed E-state index contributed by atoms with van der Waals surface area (Å²) in [5, 5.41) is 6.38. The molecule has 2 fully saturated rings. The molecular formula is C17H22BrN3O2. The topological polar surface area (TPSA) is 61.4 Å². The summed E-state index contributed by atoms with van der Waals surface area (Å²) in [6.45, 7) is 3.19. The summed E-state index contributed by atoms with van der Waals surface area (Å²) >= 11 is 3.47. The highest BCUT2D eigenvalue weighted by Gasteiger charge is 2.35. The second-order valence-corrected chi connectivity index (χ2v) is 7.17. The van der Waals surface area contributed by atoms with Crippen molar-refractivity contribution in [1.29, 1.82) is 0 Å². The van der Waals surface area contributed by atoms with Crippen LogP contribution in [0.25, 0.3) is 0 Å². The van der Waals surface area contributed by atoms with E-state index in [-0.39, 0.29) is 24.2 Å². The van der Waals surface area contributed by atoms with E-state index >= 15 is 0 Å². The minimum Gasteiger partial charge on any atom is -0.355 e. The summed E-state index contributed by atoms with van der Waals surface area (Å²) in [7, 11) is 0. The summed E-state index contributed by atoms with van der Waals surface area (Å²) in [6, 6.07) is 7.62. The van der Waals surface area contributed by atoms with Crippen LogP contribution in [0, 0.1) is 11.8 Å². The van der Waals surface area contributed by atoms with Crippen LogP contribution in [-0.2, 0) is 9.59 Å². The Balaban J connectivity index is 1.56. The Kier molecular flexibility index (Phi) is 5.33. The first-order valence-electron chi connectivity index (χ1n) is 8.18. The van der Waals surface area contributed by atoms with Gasteiger partial charge in [-0.2, -0.15) is 0 Å². The van der Waals surface area contributed by atoms with Crippen molar-refractivity contribution in [3.8, 4) is 0 Å². The van der Waals surface area contributed by atoms with Gasteiger partial charge in [0.05, 0.1) is 11.6 Å². The summed E-state index contributed by atoms with van der Waals surface area (Å²) in [4.78, 5) is 26.3. The fourth-order valence-corrected chi connectivity index (χ4v) is 3.77. The SMILES string of the molecule is O=C(NCC1CCCNC1)C1CC(=O)N(c2ccccc2Br)C1. The Morgan fingerprint density at radius 3 is 2.96 bits per heavy atom. The van der Waals surface area contributed by atoms with Crippen molar-refractivity contribution in [3.63, 3.8) is 0 Å². The Labute approximate surface area is 144 Å². The van der Waals surface area contributed by atoms with Crippen LogP contribution < -0.4 is 15.5 Å². The molecule has 2 unspecified atom stereocenters. The minimum absolute atomic E-state index is 0.00141. The lowest BCUT2D eigenvalue weighted by Crippen LogP contribution is -2.40. The monoisotopic (exact) mass is 379 g/mol. The molecule has 2 saturated heterocycles. The standard InChI is InChI=1S/C17H22BrN3O2/c18-14-5-1-2-6-15(14)21-11-13(8-16(21)22)17(23)20-10-12-4-3-7-19-9-12/h1-2,5-6,12-13,19H,3-4,7-11H2,(H,20,23). The zero-order valence-corrected chi connectivity index (χ0v) is 14.6. The highest BCUT2D eigenvalue weighted by molar-refractivity contribution is 9.10. The average molecular weight is 380 g/mol. The van der Waals surface area contributed by atoms with Crippen LogP contribution in [0.5, 0.6) is 0 Å². The minimum atomic E-state index is -0.258. The van der Waals surface area contributed by atoms with E-state index in [9.17, 15) is 9.59 Å². The van der Waals surface area contributed by atoms with Gasteiger partial charge in [-0.25, -0.2) is 0 Å². The maximum Gasteiger partial charge on any atom is 0.227 e. The molecule has 124 valence electrons. The van der Waals surface area contributed by atoms with Gasteiger partial charge in [-0.05, 0) is 59.9 Å². The zero-order chi connectivity index (χ0) is 16.2. The van der Waals surface area contributed by atoms with Crippen molar-refractivity contribution < 1.29 is 9.59 Å². The number of amides is 2. The lowest BCUT2D eigenvalue weighted by molar-refractivity contribution is -0.126. The van der Waals surface area contributed by atoms with Crippen molar-refractivity contribution in [3.05, 3.63) is 28.7 Å². The summed E-state index contributed by atoms with van der Waals surface area (Å²) in [6.07, 6.45) is 2.61. The van der Waals surface area contributed by atoms with E-state index in [1.54, 1.807) is 4.90 Å². The quantitative estimate of drug-likeness (QED) is 0.839. The van der Waals surface area contributed by atoms with E-state index in [1.807, 2.05) is 24.3 Å². The second-order valence-electron chi connectivity index (χ2n) is 6.31. The molecule has 2 aliphatic rings. The van der Waals surface area contributed by atoms with Gasteiger partial charge in [0.1, 0.15) is 0 Å². The molecule has 0 bridgehead atoms. The van der Waals surface area contributed by atoms with Gasteiger partial charge in [0.25, 0.3) is 0 Å². The van der Waals surface area contributed by atoms with Gasteiger partial charge in [-0.3, -0.25) is 9.59 Å². The first-order chi connectivity index (χ1) is 11.1. The molecule has 2 N–H and O–H groups in total. The van der Waals surface area contributed by atoms with Gasteiger partial charge in [0, 0.05) is 24.0 Å². The lowest BCUT2D eigenvalue weighted by atomic mass is 9.99. The zero-order valence-electron chi connectivity index (χ0n) is 13.1. The Morgan fingerprint density at radius 1 is 1.39 bits per heavy atom. The number of hydrogen-bond donors (Lipinski definition) is 2. The largest absolute Gasteiger partial charge is 0.355 e. The molecule has 0 aliphatic carbocycles. The Morgan fingerprint density at radius 2 is 2.22 bits per heavy atom. The van der Waals surface area contributed by atoms with Gasteiger partial charge >= 0.3 is 0 Å². The van der Waals surface area contributed by atoms with E-state index in [4.69, 9.17) is 0 Å². The van der Waals surface area contributed by atoms with E-state index in [1.165, 1.54) is 0 Å². The number of para-hydroxylation sites is 1. The summed E-state index contributed by atoms with van der Waals surface area (Å²) in [5.74, 6) is 0.255. The van der Waals surface area contributed by atoms with Crippen LogP contribution in [0.3, 0.4) is 0 Å². The first kappa shape index (κ1) is 16.5. The Hall–Kier alpha value is -1.40. The van der Waals surface area contributed by atoms with Crippen LogP contribution in [-0.4, -0.2) is 38.0 Å². The second kappa shape index (κ2) is 7.45. The molecule has 2 aliphatic heterocycles. The summed E-state index contributed by atoms with van der Waals surface area (Å²) < 4.78 is 0.877. The van der Waals surface area contributed by atoms with Crippen molar-refractivity contribution in [2.24, 2.45) is 11.8 Å². The molecule has 0 radical (unpaired) electrons. The highest BCUT2D eigenvalue weighted by Crippen LogP contribution is 2.31. The van der Waals surface area contributed by atoms with E-state index in [0.29, 0.717) is 19.0 Å². The van der Waals surface area contributed by atoms with E-state index in [0.717, 1.165) is 36.1 Å². The molecule has 0 saturated carbocycles. The molecule has 1 aromatic rings. The maximum absolute atomic E-state index is 12.4. The molecule has 1 aromatic carbocycles. The molecule has 2 heterocycles. The van der Waals surface area contributed by atoms with Crippen molar-refractivity contribution in [2.45, 2.75) is 19.3 Å². The van der Waals surface area contributed by atoms with Gasteiger partial charge < -0.3 is 15.5 Å². The molecular weight excluding hydrogens is 358 g/mol. The van der Waals surface area contributed by atoms with Crippen molar-refractivity contribution >= 4 is 33.4 Å². The van der Waals surface area contributed by atoms with Crippen LogP contribution in [0.15, 0.2) is 28.7 Å². The van der Waals surface area contributed by atoms with Gasteiger partial charge in [-0.1, -0.05) is 12.1 Å². The van der Waals surface area contributed by atoms with E-state index in [2.05, 4.69) is 26.6 Å². The van der Waals surface area contributed by atoms with E-state index < -0.39 is 0 Å². The first-order valence-corrected chi connectivity index (χ1v) is 8.98. The number of rotatable bonds is 4. The summed E-state index contributed by atoms with van der Waals surface area (Å²) in [5.41, 5.74) is 0.837. The molecule has 5 nitrogen and oxygen atoms in total. The third kappa shape index (κ3) is 3.93. The van der Waals surface area contributed by atoms with Crippen molar-refractivity contribution in [2.75, 3.05) is 31.1 Å². The molecule has 2 atom stereocenters. The van der Waals surface area contributed by atoms with Crippen molar-refractivity contribution in [1.82, 2.24) is 10.6 Å². The number of piperidine rings is 1. The number of nitrogens with one attached hydrogen (secondary N) is 2. The molecule has 3 rings (SSSR count). The number of halogens is 1. The van der Waals surface area contributed by atoms with Gasteiger partial charge in [0.2, 0.25) is 11.8 Å². The molecule has 23 heavy (non-hydrogen) atoms. The average Bonchev–Trinajstić information content (AvgIpc) is 2.96. The van der Waals surface area contributed by atoms with Gasteiger partial charge in [0.15, 0.2) is 0 Å².